The number of nitrogens with zero attached hydrogens (tertiary/aromatic N) is 6. The highest BCUT2D eigenvalue weighted by Gasteiger charge is 2.23. The number of benzene rings is 2. The molecule has 4 rings (SSSR count). The first-order chi connectivity index (χ1) is 21.2. The summed E-state index contributed by atoms with van der Waals surface area (Å²) in [6.07, 6.45) is 4.76. The quantitative estimate of drug-likeness (QED) is 0.114. The van der Waals surface area contributed by atoms with Gasteiger partial charge in [-0.15, -0.1) is 0 Å². The van der Waals surface area contributed by atoms with Gasteiger partial charge >= 0.3 is 5.97 Å². The van der Waals surface area contributed by atoms with Crippen LogP contribution >= 0.6 is 0 Å². The number of methoxy groups -OCH3 is 1. The highest BCUT2D eigenvalue weighted by Crippen LogP contribution is 2.39. The number of nitro benzene ring substituents is 1. The van der Waals surface area contributed by atoms with Crippen molar-refractivity contribution in [2.24, 2.45) is 7.05 Å². The van der Waals surface area contributed by atoms with Crippen LogP contribution in [0.3, 0.4) is 0 Å². The van der Waals surface area contributed by atoms with Crippen LogP contribution in [0.25, 0.3) is 22.2 Å². The van der Waals surface area contributed by atoms with Crippen molar-refractivity contribution >= 4 is 39.9 Å². The number of aryl methyl sites for hydroxylation is 1. The zero-order valence-electron chi connectivity index (χ0n) is 27.7. The van der Waals surface area contributed by atoms with Gasteiger partial charge in [-0.1, -0.05) is 25.1 Å². The Labute approximate surface area is 265 Å². The van der Waals surface area contributed by atoms with Crippen molar-refractivity contribution in [3.05, 3.63) is 65.0 Å². The molecule has 45 heavy (non-hydrogen) atoms. The first-order valence-corrected chi connectivity index (χ1v) is 14.8. The molecule has 2 heterocycles. The van der Waals surface area contributed by atoms with E-state index in [0.717, 1.165) is 41.7 Å². The molecule has 0 saturated heterocycles. The van der Waals surface area contributed by atoms with Crippen molar-refractivity contribution in [1.82, 2.24) is 19.4 Å². The predicted octanol–water partition coefficient (Wildman–Crippen LogP) is 6.42. The number of hydrogen-bond donors (Lipinski definition) is 1. The SMILES string of the molecule is CC(=O)OC(C)(C)C.CCCN(C)CCN(C)c1cc(OC)c(Nc2nccc(-c3cn(C)c4ccccc34)n2)cc1[N+](=O)[O-]. The third-order valence-corrected chi connectivity index (χ3v) is 6.85. The van der Waals surface area contributed by atoms with Crippen LogP contribution in [0.1, 0.15) is 41.0 Å². The van der Waals surface area contributed by atoms with Crippen LogP contribution in [0, 0.1) is 10.1 Å². The van der Waals surface area contributed by atoms with E-state index in [2.05, 4.69) is 38.8 Å². The molecular formula is C33H45N7O5. The van der Waals surface area contributed by atoms with Gasteiger partial charge in [-0.05, 0) is 52.9 Å². The fourth-order valence-corrected chi connectivity index (χ4v) is 4.88. The molecule has 12 nitrogen and oxygen atoms in total. The topological polar surface area (TPSA) is 128 Å². The van der Waals surface area contributed by atoms with Crippen LogP contribution in [0.5, 0.6) is 5.75 Å². The summed E-state index contributed by atoms with van der Waals surface area (Å²) >= 11 is 0. The van der Waals surface area contributed by atoms with Crippen molar-refractivity contribution in [3.63, 3.8) is 0 Å². The van der Waals surface area contributed by atoms with Crippen molar-refractivity contribution in [3.8, 4) is 17.0 Å². The number of fused-ring (bicyclic) bond motifs is 1. The molecule has 0 amide bonds. The van der Waals surface area contributed by atoms with Gasteiger partial charge in [0.1, 0.15) is 17.0 Å². The van der Waals surface area contributed by atoms with Crippen molar-refractivity contribution < 1.29 is 19.2 Å². The molecule has 242 valence electrons. The maximum absolute atomic E-state index is 12.0. The minimum Gasteiger partial charge on any atom is -0.494 e. The van der Waals surface area contributed by atoms with Gasteiger partial charge in [-0.2, -0.15) is 0 Å². The van der Waals surface area contributed by atoms with E-state index in [1.807, 2.05) is 71.2 Å². The molecule has 0 bridgehead atoms. The lowest BCUT2D eigenvalue weighted by atomic mass is 10.1. The van der Waals surface area contributed by atoms with Crippen molar-refractivity contribution in [1.29, 1.82) is 0 Å². The summed E-state index contributed by atoms with van der Waals surface area (Å²) < 4.78 is 12.5. The first-order valence-electron chi connectivity index (χ1n) is 14.8. The van der Waals surface area contributed by atoms with E-state index in [1.165, 1.54) is 13.0 Å². The number of likely N-dealkylation sites (N-methyl/N-ethyl adjacent to an activating group) is 2. The Hall–Kier alpha value is -4.71. The molecule has 4 aromatic rings. The van der Waals surface area contributed by atoms with Crippen LogP contribution in [-0.4, -0.2) is 76.8 Å². The fourth-order valence-electron chi connectivity index (χ4n) is 4.88. The van der Waals surface area contributed by atoms with Crippen molar-refractivity contribution in [2.45, 2.75) is 46.6 Å². The average molecular weight is 620 g/mol. The summed E-state index contributed by atoms with van der Waals surface area (Å²) in [5.74, 6) is 0.561. The van der Waals surface area contributed by atoms with Gasteiger partial charge in [0.15, 0.2) is 0 Å². The molecule has 0 aliphatic heterocycles. The third-order valence-electron chi connectivity index (χ3n) is 6.85. The summed E-state index contributed by atoms with van der Waals surface area (Å²) in [7, 11) is 7.44. The molecule has 0 saturated carbocycles. The van der Waals surface area contributed by atoms with E-state index in [0.29, 0.717) is 29.6 Å². The maximum atomic E-state index is 12.0. The fraction of sp³-hybridized carbons (Fsp3) is 0.424. The Balaban J connectivity index is 0.000000610. The number of anilines is 3. The van der Waals surface area contributed by atoms with Gasteiger partial charge in [0.2, 0.25) is 5.95 Å². The standard InChI is InChI=1S/C27H33N7O3.C6H12O2/c1-6-13-31(2)14-15-32(3)24-17-26(37-5)22(16-25(24)34(35)36)30-27-28-12-11-21(29-27)20-18-33(4)23-10-8-7-9-19(20)23;1-5(7)8-6(2,3)4/h7-12,16-18H,6,13-15H2,1-5H3,(H,28,29,30);1-4H3. The van der Waals surface area contributed by atoms with Gasteiger partial charge in [-0.3, -0.25) is 14.9 Å². The number of esters is 1. The molecule has 0 aliphatic rings. The molecule has 0 radical (unpaired) electrons. The van der Waals surface area contributed by atoms with Crippen LogP contribution < -0.4 is 15.0 Å². The Morgan fingerprint density at radius 3 is 2.42 bits per heavy atom. The highest BCUT2D eigenvalue weighted by molar-refractivity contribution is 5.95. The molecule has 0 fully saturated rings. The van der Waals surface area contributed by atoms with Crippen LogP contribution in [0.2, 0.25) is 0 Å². The third kappa shape index (κ3) is 9.64. The van der Waals surface area contributed by atoms with Crippen LogP contribution in [-0.2, 0) is 16.6 Å². The van der Waals surface area contributed by atoms with Gasteiger partial charge in [0, 0.05) is 75.1 Å². The molecule has 2 aromatic carbocycles. The highest BCUT2D eigenvalue weighted by atomic mass is 16.6. The molecule has 0 unspecified atom stereocenters. The van der Waals surface area contributed by atoms with E-state index < -0.39 is 0 Å². The van der Waals surface area contributed by atoms with E-state index in [9.17, 15) is 14.9 Å². The monoisotopic (exact) mass is 619 g/mol. The lowest BCUT2D eigenvalue weighted by molar-refractivity contribution is -0.384. The van der Waals surface area contributed by atoms with E-state index in [-0.39, 0.29) is 22.2 Å². The zero-order chi connectivity index (χ0) is 33.3. The Bertz CT molecular complexity index is 1610. The largest absolute Gasteiger partial charge is 0.494 e. The number of nitro groups is 1. The number of ether oxygens (including phenoxy) is 2. The van der Waals surface area contributed by atoms with E-state index >= 15 is 0 Å². The van der Waals surface area contributed by atoms with Gasteiger partial charge < -0.3 is 29.2 Å². The molecule has 2 aromatic heterocycles. The van der Waals surface area contributed by atoms with Crippen molar-refractivity contribution in [2.75, 3.05) is 51.1 Å². The molecule has 0 spiro atoms. The van der Waals surface area contributed by atoms with Crippen LogP contribution in [0.15, 0.2) is 54.9 Å². The number of carbonyl (C=O) groups excluding carboxylic acids is 1. The predicted molar refractivity (Wildman–Crippen MR) is 179 cm³/mol. The minimum atomic E-state index is -0.375. The smallest absolute Gasteiger partial charge is 0.303 e. The molecule has 0 atom stereocenters. The number of para-hydroxylation sites is 1. The van der Waals surface area contributed by atoms with Gasteiger partial charge in [0.25, 0.3) is 5.69 Å². The van der Waals surface area contributed by atoms with E-state index in [1.54, 1.807) is 19.4 Å². The molecular weight excluding hydrogens is 574 g/mol. The summed E-state index contributed by atoms with van der Waals surface area (Å²) in [6, 6.07) is 13.1. The lowest BCUT2D eigenvalue weighted by Crippen LogP contribution is -2.31. The van der Waals surface area contributed by atoms with Gasteiger partial charge in [-0.25, -0.2) is 9.97 Å². The average Bonchev–Trinajstić information content (AvgIpc) is 3.31. The minimum absolute atomic E-state index is 0.0193. The molecule has 12 heteroatoms. The lowest BCUT2D eigenvalue weighted by Gasteiger charge is -2.24. The van der Waals surface area contributed by atoms with E-state index in [4.69, 9.17) is 14.5 Å². The normalized spacial score (nSPS) is 11.2. The second-order valence-corrected chi connectivity index (χ2v) is 11.8. The van der Waals surface area contributed by atoms with Gasteiger partial charge in [0.05, 0.1) is 23.4 Å². The Kier molecular flexibility index (Phi) is 11.9. The summed E-state index contributed by atoms with van der Waals surface area (Å²) in [6.45, 7) is 11.5. The Morgan fingerprint density at radius 1 is 1.11 bits per heavy atom. The number of aromatic nitrogens is 3. The number of carbonyl (C=O) groups is 1. The van der Waals surface area contributed by atoms with Crippen LogP contribution in [0.4, 0.5) is 23.0 Å². The maximum Gasteiger partial charge on any atom is 0.303 e. The molecule has 0 aliphatic carbocycles. The zero-order valence-corrected chi connectivity index (χ0v) is 27.7. The first kappa shape index (κ1) is 34.8. The number of rotatable bonds is 11. The number of hydrogen-bond acceptors (Lipinski definition) is 10. The summed E-state index contributed by atoms with van der Waals surface area (Å²) in [5.41, 5.74) is 3.39. The summed E-state index contributed by atoms with van der Waals surface area (Å²) in [4.78, 5) is 35.0. The second kappa shape index (κ2) is 15.3. The number of nitrogens with one attached hydrogen (secondary N) is 1. The summed E-state index contributed by atoms with van der Waals surface area (Å²) in [5, 5.41) is 16.2. The molecule has 1 N–H and O–H groups in total. The second-order valence-electron chi connectivity index (χ2n) is 11.8. The Morgan fingerprint density at radius 2 is 1.82 bits per heavy atom.